The van der Waals surface area contributed by atoms with E-state index in [1.807, 2.05) is 12.1 Å². The number of esters is 1. The van der Waals surface area contributed by atoms with Crippen LogP contribution in [-0.4, -0.2) is 56.1 Å². The van der Waals surface area contributed by atoms with E-state index >= 15 is 0 Å². The number of anilines is 1. The Bertz CT molecular complexity index is 1360. The number of ether oxygens (including phenoxy) is 3. The topological polar surface area (TPSA) is 120 Å². The van der Waals surface area contributed by atoms with Crippen LogP contribution in [0.4, 0.5) is 11.4 Å². The average Bonchev–Trinajstić information content (AvgIpc) is 2.95. The molecule has 10 heteroatoms. The minimum atomic E-state index is -0.840. The van der Waals surface area contributed by atoms with Gasteiger partial charge in [-0.2, -0.15) is 0 Å². The fourth-order valence-electron chi connectivity index (χ4n) is 4.48. The van der Waals surface area contributed by atoms with Gasteiger partial charge in [0, 0.05) is 37.0 Å². The number of hydrogen-bond donors (Lipinski definition) is 1. The zero-order chi connectivity index (χ0) is 27.2. The number of benzene rings is 3. The van der Waals surface area contributed by atoms with Crippen LogP contribution in [0.25, 0.3) is 0 Å². The highest BCUT2D eigenvalue weighted by molar-refractivity contribution is 6.06. The summed E-state index contributed by atoms with van der Waals surface area (Å²) < 4.78 is 15.4. The van der Waals surface area contributed by atoms with Crippen LogP contribution in [0.2, 0.25) is 0 Å². The van der Waals surface area contributed by atoms with E-state index in [0.29, 0.717) is 5.69 Å². The van der Waals surface area contributed by atoms with Crippen LogP contribution in [0.1, 0.15) is 37.4 Å². The van der Waals surface area contributed by atoms with Gasteiger partial charge in [-0.3, -0.25) is 19.8 Å². The highest BCUT2D eigenvalue weighted by Crippen LogP contribution is 2.33. The number of nitrogens with zero attached hydrogens (tertiary/aromatic N) is 2. The minimum absolute atomic E-state index is 0.0630. The van der Waals surface area contributed by atoms with Gasteiger partial charge in [-0.1, -0.05) is 12.1 Å². The first-order valence-electron chi connectivity index (χ1n) is 12.1. The molecule has 0 aromatic heterocycles. The molecule has 3 aromatic carbocycles. The molecule has 0 spiro atoms. The Morgan fingerprint density at radius 3 is 2.29 bits per heavy atom. The molecule has 10 nitrogen and oxygen atoms in total. The summed E-state index contributed by atoms with van der Waals surface area (Å²) in [5, 5.41) is 14.1. The Morgan fingerprint density at radius 1 is 0.974 bits per heavy atom. The average molecular weight is 520 g/mol. The second kappa shape index (κ2) is 11.7. The molecule has 1 aliphatic heterocycles. The van der Waals surface area contributed by atoms with E-state index < -0.39 is 22.5 Å². The van der Waals surface area contributed by atoms with Crippen molar-refractivity contribution in [3.63, 3.8) is 0 Å². The van der Waals surface area contributed by atoms with Crippen LogP contribution in [0.3, 0.4) is 0 Å². The number of rotatable bonds is 9. The van der Waals surface area contributed by atoms with Gasteiger partial charge in [-0.05, 0) is 65.9 Å². The molecule has 0 radical (unpaired) electrons. The number of nitro benzene ring substituents is 1. The molecule has 1 heterocycles. The van der Waals surface area contributed by atoms with Gasteiger partial charge in [0.05, 0.1) is 26.3 Å². The van der Waals surface area contributed by atoms with Gasteiger partial charge in [0.25, 0.3) is 11.6 Å². The lowest BCUT2D eigenvalue weighted by Crippen LogP contribution is -2.32. The van der Waals surface area contributed by atoms with E-state index in [-0.39, 0.29) is 11.1 Å². The van der Waals surface area contributed by atoms with Crippen LogP contribution in [0, 0.1) is 10.1 Å². The minimum Gasteiger partial charge on any atom is -0.493 e. The number of hydrogen-bond acceptors (Lipinski definition) is 8. The lowest BCUT2D eigenvalue weighted by Gasteiger charge is -2.29. The molecule has 38 heavy (non-hydrogen) atoms. The number of nitro groups is 1. The smallest absolute Gasteiger partial charge is 0.344 e. The number of nitrogens with one attached hydrogen (secondary N) is 1. The molecule has 0 aliphatic carbocycles. The summed E-state index contributed by atoms with van der Waals surface area (Å²) in [6.07, 6.45) is 1.79. The monoisotopic (exact) mass is 519 g/mol. The number of amides is 1. The van der Waals surface area contributed by atoms with Crippen LogP contribution in [-0.2, 0) is 24.1 Å². The standard InChI is InChI=1S/C28H29N3O7/c1-36-25-15-19-11-13-30(17-21(19)16-26(25)37-2)12-10-18-4-7-22(8-5-18)29-27(32)20-6-9-23(28(33)38-3)24(14-20)31(34)35/h4-9,14-16H,10-13,17H2,1-3H3,(H,29,32). The molecular weight excluding hydrogens is 490 g/mol. The number of fused-ring (bicyclic) bond motifs is 1. The summed E-state index contributed by atoms with van der Waals surface area (Å²) in [4.78, 5) is 37.5. The van der Waals surface area contributed by atoms with Crippen LogP contribution >= 0.6 is 0 Å². The number of methoxy groups -OCH3 is 3. The van der Waals surface area contributed by atoms with Gasteiger partial charge in [0.2, 0.25) is 0 Å². The van der Waals surface area contributed by atoms with Gasteiger partial charge in [0.1, 0.15) is 5.56 Å². The van der Waals surface area contributed by atoms with Gasteiger partial charge in [-0.25, -0.2) is 4.79 Å². The maximum absolute atomic E-state index is 12.7. The Labute approximate surface area is 220 Å². The lowest BCUT2D eigenvalue weighted by atomic mass is 9.98. The molecule has 0 bridgehead atoms. The summed E-state index contributed by atoms with van der Waals surface area (Å²) in [5.41, 5.74) is 3.57. The highest BCUT2D eigenvalue weighted by atomic mass is 16.6. The Balaban J connectivity index is 1.35. The van der Waals surface area contributed by atoms with Crippen molar-refractivity contribution in [1.82, 2.24) is 4.90 Å². The van der Waals surface area contributed by atoms with E-state index in [1.54, 1.807) is 26.4 Å². The Hall–Kier alpha value is -4.44. The molecule has 1 aliphatic rings. The maximum Gasteiger partial charge on any atom is 0.344 e. The molecule has 4 rings (SSSR count). The summed E-state index contributed by atoms with van der Waals surface area (Å²) in [6, 6.07) is 15.2. The van der Waals surface area contributed by atoms with Crippen LogP contribution in [0.5, 0.6) is 11.5 Å². The fourth-order valence-corrected chi connectivity index (χ4v) is 4.48. The number of carbonyl (C=O) groups is 2. The third kappa shape index (κ3) is 5.92. The zero-order valence-electron chi connectivity index (χ0n) is 21.5. The molecule has 0 saturated carbocycles. The van der Waals surface area contributed by atoms with Crippen molar-refractivity contribution >= 4 is 23.3 Å². The molecule has 1 amide bonds. The zero-order valence-corrected chi connectivity index (χ0v) is 21.5. The molecule has 0 saturated heterocycles. The molecule has 0 fully saturated rings. The predicted octanol–water partition coefficient (Wildman–Crippen LogP) is 4.25. The van der Waals surface area contributed by atoms with Crippen LogP contribution in [0.15, 0.2) is 54.6 Å². The van der Waals surface area contributed by atoms with E-state index in [4.69, 9.17) is 9.47 Å². The molecule has 0 atom stereocenters. The highest BCUT2D eigenvalue weighted by Gasteiger charge is 2.23. The number of carbonyl (C=O) groups excluding carboxylic acids is 2. The normalized spacial score (nSPS) is 12.8. The van der Waals surface area contributed by atoms with Crippen LogP contribution < -0.4 is 14.8 Å². The largest absolute Gasteiger partial charge is 0.493 e. The molecular formula is C28H29N3O7. The van der Waals surface area contributed by atoms with Gasteiger partial charge in [0.15, 0.2) is 11.5 Å². The molecule has 0 unspecified atom stereocenters. The van der Waals surface area contributed by atoms with Gasteiger partial charge >= 0.3 is 5.97 Å². The summed E-state index contributed by atoms with van der Waals surface area (Å²) in [5.74, 6) is 0.132. The molecule has 1 N–H and O–H groups in total. The van der Waals surface area contributed by atoms with Crippen molar-refractivity contribution in [1.29, 1.82) is 0 Å². The summed E-state index contributed by atoms with van der Waals surface area (Å²) in [7, 11) is 4.42. The second-order valence-corrected chi connectivity index (χ2v) is 8.88. The third-order valence-electron chi connectivity index (χ3n) is 6.59. The van der Waals surface area contributed by atoms with Crippen molar-refractivity contribution in [2.45, 2.75) is 19.4 Å². The van der Waals surface area contributed by atoms with Crippen molar-refractivity contribution in [3.05, 3.63) is 92.5 Å². The van der Waals surface area contributed by atoms with Crippen molar-refractivity contribution in [2.75, 3.05) is 39.7 Å². The molecule has 3 aromatic rings. The Morgan fingerprint density at radius 2 is 1.66 bits per heavy atom. The van der Waals surface area contributed by atoms with Crippen molar-refractivity contribution in [2.24, 2.45) is 0 Å². The van der Waals surface area contributed by atoms with E-state index in [9.17, 15) is 19.7 Å². The second-order valence-electron chi connectivity index (χ2n) is 8.88. The van der Waals surface area contributed by atoms with Gasteiger partial charge < -0.3 is 19.5 Å². The first-order chi connectivity index (χ1) is 18.3. The SMILES string of the molecule is COC(=O)c1ccc(C(=O)Nc2ccc(CCN3CCc4cc(OC)c(OC)cc4C3)cc2)cc1[N+](=O)[O-]. The van der Waals surface area contributed by atoms with E-state index in [2.05, 4.69) is 27.1 Å². The molecule has 198 valence electrons. The predicted molar refractivity (Wildman–Crippen MR) is 141 cm³/mol. The fraction of sp³-hybridized carbons (Fsp3) is 0.286. The summed E-state index contributed by atoms with van der Waals surface area (Å²) >= 11 is 0. The summed E-state index contributed by atoms with van der Waals surface area (Å²) in [6.45, 7) is 2.68. The Kier molecular flexibility index (Phi) is 8.22. The third-order valence-corrected chi connectivity index (χ3v) is 6.59. The van der Waals surface area contributed by atoms with Crippen molar-refractivity contribution < 1.29 is 28.7 Å². The quantitative estimate of drug-likeness (QED) is 0.253. The van der Waals surface area contributed by atoms with E-state index in [1.165, 1.54) is 23.3 Å². The maximum atomic E-state index is 12.7. The lowest BCUT2D eigenvalue weighted by molar-refractivity contribution is -0.385. The first-order valence-corrected chi connectivity index (χ1v) is 12.1. The van der Waals surface area contributed by atoms with E-state index in [0.717, 1.165) is 62.7 Å². The van der Waals surface area contributed by atoms with Crippen molar-refractivity contribution in [3.8, 4) is 11.5 Å². The van der Waals surface area contributed by atoms with Gasteiger partial charge in [-0.15, -0.1) is 0 Å². The first kappa shape index (κ1) is 26.6.